The van der Waals surface area contributed by atoms with E-state index >= 15 is 0 Å². The highest BCUT2D eigenvalue weighted by Gasteiger charge is 2.16. The lowest BCUT2D eigenvalue weighted by atomic mass is 10.1. The molecule has 8 nitrogen and oxygen atoms in total. The van der Waals surface area contributed by atoms with Crippen molar-refractivity contribution in [1.82, 2.24) is 10.6 Å². The Hall–Kier alpha value is -3.55. The molecule has 0 aromatic heterocycles. The normalized spacial score (nSPS) is 11.4. The molecule has 0 aliphatic rings. The number of hydrogen-bond acceptors (Lipinski definition) is 5. The molecule has 0 heterocycles. The van der Waals surface area contributed by atoms with Gasteiger partial charge < -0.3 is 25.4 Å². The van der Waals surface area contributed by atoms with Crippen LogP contribution in [-0.2, 0) is 9.59 Å². The van der Waals surface area contributed by atoms with Gasteiger partial charge in [-0.3, -0.25) is 14.4 Å². The van der Waals surface area contributed by atoms with E-state index in [1.807, 2.05) is 39.0 Å². The van der Waals surface area contributed by atoms with Gasteiger partial charge in [0.15, 0.2) is 18.1 Å². The minimum absolute atomic E-state index is 0.0185. The molecule has 0 aliphatic heterocycles. The Morgan fingerprint density at radius 2 is 1.71 bits per heavy atom. The van der Waals surface area contributed by atoms with Crippen LogP contribution in [0.5, 0.6) is 11.5 Å². The molecule has 3 amide bonds. The number of benzene rings is 2. The summed E-state index contributed by atoms with van der Waals surface area (Å²) in [4.78, 5) is 35.7. The molecule has 31 heavy (non-hydrogen) atoms. The van der Waals surface area contributed by atoms with Gasteiger partial charge in [-0.15, -0.1) is 0 Å². The molecule has 0 radical (unpaired) electrons. The van der Waals surface area contributed by atoms with E-state index < -0.39 is 0 Å². The Morgan fingerprint density at radius 1 is 0.968 bits per heavy atom. The molecular weight excluding hydrogens is 398 g/mol. The molecule has 0 saturated heterocycles. The number of anilines is 1. The van der Waals surface area contributed by atoms with Gasteiger partial charge in [0.2, 0.25) is 5.91 Å². The van der Waals surface area contributed by atoms with Crippen LogP contribution in [0.3, 0.4) is 0 Å². The molecule has 2 aromatic rings. The third-order valence-electron chi connectivity index (χ3n) is 4.29. The molecule has 0 saturated carbocycles. The monoisotopic (exact) mass is 427 g/mol. The van der Waals surface area contributed by atoms with Gasteiger partial charge in [-0.25, -0.2) is 0 Å². The first-order valence-corrected chi connectivity index (χ1v) is 9.98. The lowest BCUT2D eigenvalue weighted by Gasteiger charge is -2.17. The maximum absolute atomic E-state index is 12.7. The second-order valence-corrected chi connectivity index (χ2v) is 7.38. The smallest absolute Gasteiger partial charge is 0.258 e. The number of hydrogen-bond donors (Lipinski definition) is 3. The van der Waals surface area contributed by atoms with E-state index in [0.29, 0.717) is 22.7 Å². The van der Waals surface area contributed by atoms with Crippen molar-refractivity contribution in [3.8, 4) is 11.5 Å². The van der Waals surface area contributed by atoms with E-state index in [4.69, 9.17) is 9.47 Å². The summed E-state index contributed by atoms with van der Waals surface area (Å²) >= 11 is 0. The van der Waals surface area contributed by atoms with Crippen LogP contribution in [0.4, 0.5) is 5.69 Å². The number of rotatable bonds is 9. The van der Waals surface area contributed by atoms with Gasteiger partial charge in [-0.2, -0.15) is 0 Å². The summed E-state index contributed by atoms with van der Waals surface area (Å²) in [7, 11) is 1.47. The fraction of sp³-hybridized carbons (Fsp3) is 0.348. The Kier molecular flexibility index (Phi) is 8.43. The van der Waals surface area contributed by atoms with E-state index in [-0.39, 0.29) is 36.4 Å². The van der Waals surface area contributed by atoms with E-state index in [0.717, 1.165) is 5.56 Å². The van der Waals surface area contributed by atoms with Crippen LogP contribution < -0.4 is 25.4 Å². The fourth-order valence-corrected chi connectivity index (χ4v) is 2.89. The first-order chi connectivity index (χ1) is 14.7. The lowest BCUT2D eigenvalue weighted by molar-refractivity contribution is -0.123. The van der Waals surface area contributed by atoms with Crippen molar-refractivity contribution in [1.29, 1.82) is 0 Å². The Morgan fingerprint density at radius 3 is 2.35 bits per heavy atom. The van der Waals surface area contributed by atoms with Gasteiger partial charge in [0, 0.05) is 24.2 Å². The van der Waals surface area contributed by atoms with Crippen molar-refractivity contribution in [3.63, 3.8) is 0 Å². The largest absolute Gasteiger partial charge is 0.493 e. The predicted octanol–water partition coefficient (Wildman–Crippen LogP) is 3.05. The predicted molar refractivity (Wildman–Crippen MR) is 118 cm³/mol. The van der Waals surface area contributed by atoms with Crippen molar-refractivity contribution in [2.75, 3.05) is 19.0 Å². The van der Waals surface area contributed by atoms with Crippen LogP contribution in [0, 0.1) is 0 Å². The van der Waals surface area contributed by atoms with Crippen molar-refractivity contribution in [2.24, 2.45) is 0 Å². The van der Waals surface area contributed by atoms with Gasteiger partial charge in [0.25, 0.3) is 11.8 Å². The molecule has 3 N–H and O–H groups in total. The molecule has 2 aromatic carbocycles. The zero-order chi connectivity index (χ0) is 23.0. The molecule has 1 unspecified atom stereocenters. The van der Waals surface area contributed by atoms with Crippen molar-refractivity contribution in [3.05, 3.63) is 53.6 Å². The number of methoxy groups -OCH3 is 1. The molecule has 0 bridgehead atoms. The summed E-state index contributed by atoms with van der Waals surface area (Å²) in [5.74, 6) is 0.0262. The van der Waals surface area contributed by atoms with Gasteiger partial charge >= 0.3 is 0 Å². The average Bonchev–Trinajstić information content (AvgIpc) is 2.71. The first kappa shape index (κ1) is 23.7. The maximum atomic E-state index is 12.7. The van der Waals surface area contributed by atoms with Gasteiger partial charge in [-0.1, -0.05) is 12.1 Å². The van der Waals surface area contributed by atoms with Gasteiger partial charge in [-0.05, 0) is 56.7 Å². The van der Waals surface area contributed by atoms with Crippen molar-refractivity contribution >= 4 is 23.4 Å². The summed E-state index contributed by atoms with van der Waals surface area (Å²) in [5, 5.41) is 8.39. The summed E-state index contributed by atoms with van der Waals surface area (Å²) in [6.07, 6.45) is 0. The quantitative estimate of drug-likeness (QED) is 0.570. The molecule has 0 fully saturated rings. The van der Waals surface area contributed by atoms with E-state index in [1.165, 1.54) is 14.0 Å². The van der Waals surface area contributed by atoms with Crippen LogP contribution in [-0.4, -0.2) is 37.5 Å². The SMILES string of the molecule is COc1cc(C(=O)NC(C)c2cccc(NC(C)=O)c2)ccc1OCC(=O)NC(C)C. The highest BCUT2D eigenvalue weighted by molar-refractivity contribution is 5.95. The first-order valence-electron chi connectivity index (χ1n) is 9.98. The zero-order valence-corrected chi connectivity index (χ0v) is 18.4. The zero-order valence-electron chi connectivity index (χ0n) is 18.4. The number of amides is 3. The highest BCUT2D eigenvalue weighted by Crippen LogP contribution is 2.28. The minimum Gasteiger partial charge on any atom is -0.493 e. The Bertz CT molecular complexity index is 943. The van der Waals surface area contributed by atoms with Crippen molar-refractivity contribution in [2.45, 2.75) is 39.8 Å². The van der Waals surface area contributed by atoms with Crippen molar-refractivity contribution < 1.29 is 23.9 Å². The Labute approximate surface area is 182 Å². The highest BCUT2D eigenvalue weighted by atomic mass is 16.5. The molecule has 0 aliphatic carbocycles. The summed E-state index contributed by atoms with van der Waals surface area (Å²) < 4.78 is 10.8. The third kappa shape index (κ3) is 7.33. The summed E-state index contributed by atoms with van der Waals surface area (Å²) in [5.41, 5.74) is 1.90. The summed E-state index contributed by atoms with van der Waals surface area (Å²) in [6, 6.07) is 11.8. The number of carbonyl (C=O) groups is 3. The minimum atomic E-state index is -0.292. The average molecular weight is 428 g/mol. The van der Waals surface area contributed by atoms with Crippen LogP contribution in [0.25, 0.3) is 0 Å². The number of carbonyl (C=O) groups excluding carboxylic acids is 3. The molecule has 0 spiro atoms. The Balaban J connectivity index is 2.06. The second-order valence-electron chi connectivity index (χ2n) is 7.38. The molecular formula is C23H29N3O5. The van der Waals surface area contributed by atoms with Gasteiger partial charge in [0.05, 0.1) is 13.2 Å². The van der Waals surface area contributed by atoms with Crippen LogP contribution in [0.2, 0.25) is 0 Å². The molecule has 166 valence electrons. The second kappa shape index (κ2) is 11.0. The number of nitrogens with one attached hydrogen (secondary N) is 3. The van der Waals surface area contributed by atoms with E-state index in [2.05, 4.69) is 16.0 Å². The van der Waals surface area contributed by atoms with E-state index in [9.17, 15) is 14.4 Å². The lowest BCUT2D eigenvalue weighted by Crippen LogP contribution is -2.34. The molecule has 1 atom stereocenters. The number of ether oxygens (including phenoxy) is 2. The van der Waals surface area contributed by atoms with Crippen LogP contribution >= 0.6 is 0 Å². The fourth-order valence-electron chi connectivity index (χ4n) is 2.89. The summed E-state index contributed by atoms with van der Waals surface area (Å²) in [6.45, 7) is 6.87. The molecule has 2 rings (SSSR count). The molecule has 8 heteroatoms. The topological polar surface area (TPSA) is 106 Å². The van der Waals surface area contributed by atoms with Crippen LogP contribution in [0.15, 0.2) is 42.5 Å². The van der Waals surface area contributed by atoms with E-state index in [1.54, 1.807) is 24.3 Å². The third-order valence-corrected chi connectivity index (χ3v) is 4.29. The standard InChI is InChI=1S/C23H29N3O5/c1-14(2)24-22(28)13-31-20-10-9-18(12-21(20)30-5)23(29)25-15(3)17-7-6-8-19(11-17)26-16(4)27/h6-12,14-15H,13H2,1-5H3,(H,24,28)(H,25,29)(H,26,27). The van der Waals surface area contributed by atoms with Gasteiger partial charge in [0.1, 0.15) is 0 Å². The maximum Gasteiger partial charge on any atom is 0.258 e. The van der Waals surface area contributed by atoms with Crippen LogP contribution in [0.1, 0.15) is 49.7 Å².